The van der Waals surface area contributed by atoms with E-state index in [1.165, 1.54) is 112 Å². The maximum absolute atomic E-state index is 3.81. The predicted octanol–water partition coefficient (Wildman–Crippen LogP) is 17.8. The zero-order valence-electron chi connectivity index (χ0n) is 40.8. The third-order valence-corrected chi connectivity index (χ3v) is 16.6. The average Bonchev–Trinajstić information content (AvgIpc) is 3.78. The van der Waals surface area contributed by atoms with Gasteiger partial charge in [0.1, 0.15) is 0 Å². The molecule has 7 aromatic rings. The molecule has 6 aliphatic rings. The smallest absolute Gasteiger partial charge is 0.0697 e. The molecule has 1 atom stereocenters. The van der Waals surface area contributed by atoms with Crippen LogP contribution in [0.4, 0.5) is 22.7 Å². The van der Waals surface area contributed by atoms with Gasteiger partial charge in [-0.2, -0.15) is 0 Å². The summed E-state index contributed by atoms with van der Waals surface area (Å²) in [6.45, 7) is 9.64. The summed E-state index contributed by atoms with van der Waals surface area (Å²) in [4.78, 5) is 5.07. The van der Waals surface area contributed by atoms with E-state index >= 15 is 0 Å². The van der Waals surface area contributed by atoms with Gasteiger partial charge in [0.25, 0.3) is 0 Å². The number of hydrogen-bond acceptors (Lipinski definition) is 2. The summed E-state index contributed by atoms with van der Waals surface area (Å²) in [7, 11) is 0. The highest BCUT2D eigenvalue weighted by Gasteiger charge is 2.45. The molecule has 7 aromatic carbocycles. The second kappa shape index (κ2) is 16.5. The minimum atomic E-state index is -0.101. The molecule has 13 rings (SSSR count). The fourth-order valence-electron chi connectivity index (χ4n) is 12.9. The molecule has 0 aromatic heterocycles. The van der Waals surface area contributed by atoms with Gasteiger partial charge in [0.15, 0.2) is 0 Å². The zero-order chi connectivity index (χ0) is 47.1. The van der Waals surface area contributed by atoms with E-state index in [0.717, 1.165) is 44.2 Å². The van der Waals surface area contributed by atoms with Gasteiger partial charge in [-0.3, -0.25) is 0 Å². The summed E-state index contributed by atoms with van der Waals surface area (Å²) >= 11 is 0. The third-order valence-electron chi connectivity index (χ3n) is 16.6. The van der Waals surface area contributed by atoms with Crippen molar-refractivity contribution in [2.45, 2.75) is 77.0 Å². The van der Waals surface area contributed by atoms with Gasteiger partial charge in [-0.1, -0.05) is 185 Å². The van der Waals surface area contributed by atoms with Gasteiger partial charge in [-0.05, 0) is 164 Å². The monoisotopic (exact) mass is 902 g/mol. The van der Waals surface area contributed by atoms with Crippen molar-refractivity contribution in [3.8, 4) is 11.1 Å². The first-order valence-corrected chi connectivity index (χ1v) is 25.5. The molecule has 0 aliphatic heterocycles. The van der Waals surface area contributed by atoms with Crippen LogP contribution in [0.3, 0.4) is 0 Å². The Hall–Kier alpha value is -7.64. The Morgan fingerprint density at radius 2 is 1.27 bits per heavy atom. The van der Waals surface area contributed by atoms with Crippen LogP contribution in [0, 0.1) is 5.92 Å². The van der Waals surface area contributed by atoms with Crippen LogP contribution in [0.2, 0.25) is 0 Å². The van der Waals surface area contributed by atoms with Crippen LogP contribution in [0.25, 0.3) is 39.1 Å². The molecule has 0 amide bonds. The van der Waals surface area contributed by atoms with E-state index in [0.29, 0.717) is 5.92 Å². The molecule has 1 unspecified atom stereocenters. The highest BCUT2D eigenvalue weighted by Crippen LogP contribution is 2.55. The second-order valence-electron chi connectivity index (χ2n) is 21.2. The first-order valence-electron chi connectivity index (χ1n) is 25.5. The van der Waals surface area contributed by atoms with Gasteiger partial charge in [0.05, 0.1) is 17.1 Å². The standard InChI is InChI=1S/C68H58N2/c1-67(2)61-29-11-9-27-57(61)59-39-37-53(43-63(59)67)69(65-31-15-19-47-17-5-7-25-55(47)65)51-23-13-21-49(41-51)45-33-35-46(36-34-45)50-22-14-24-52(42-50)70(66-32-16-20-48-18-6-8-26-56(48)66)54-38-40-60-58-28-10-12-30-62(58)68(3,4)64(60)44-54/h5,7-17,19-23,25-33,35,37-41,43,64H,6,18,34,36,42,44H2,1-4H3. The Balaban J connectivity index is 0.832. The number of allylic oxidation sites excluding steroid dienone is 11. The highest BCUT2D eigenvalue weighted by atomic mass is 15.2. The molecule has 340 valence electrons. The van der Waals surface area contributed by atoms with Crippen molar-refractivity contribution in [2.75, 3.05) is 9.80 Å². The topological polar surface area (TPSA) is 6.48 Å². The SMILES string of the molecule is CC1(C)c2ccccc2-c2ccc(N(c3cccc(C4=CC=C(C5=CC=C=C(N(C6=CC=C7c8ccccc8C(C)(C)C7C6)c6cccc7c6C=CCC7)C5)CC4)c3)c3cccc4ccccc34)cc21. The maximum Gasteiger partial charge on any atom is 0.0697 e. The van der Waals surface area contributed by atoms with Crippen molar-refractivity contribution in [3.63, 3.8) is 0 Å². The molecule has 0 fully saturated rings. The van der Waals surface area contributed by atoms with Gasteiger partial charge < -0.3 is 9.80 Å². The fourth-order valence-corrected chi connectivity index (χ4v) is 12.9. The van der Waals surface area contributed by atoms with E-state index in [9.17, 15) is 0 Å². The summed E-state index contributed by atoms with van der Waals surface area (Å²) in [6.07, 6.45) is 24.8. The van der Waals surface area contributed by atoms with Crippen molar-refractivity contribution in [3.05, 3.63) is 261 Å². The van der Waals surface area contributed by atoms with Crippen LogP contribution in [0.5, 0.6) is 0 Å². The number of aryl methyl sites for hydroxylation is 1. The third kappa shape index (κ3) is 6.84. The number of fused-ring (bicyclic) bond motifs is 8. The molecular weight excluding hydrogens is 845 g/mol. The van der Waals surface area contributed by atoms with Crippen LogP contribution >= 0.6 is 0 Å². The molecule has 0 bridgehead atoms. The van der Waals surface area contributed by atoms with Crippen molar-refractivity contribution in [1.82, 2.24) is 0 Å². The number of hydrogen-bond donors (Lipinski definition) is 0. The molecule has 0 saturated heterocycles. The molecule has 2 heteroatoms. The summed E-state index contributed by atoms with van der Waals surface area (Å²) < 4.78 is 0. The van der Waals surface area contributed by atoms with Gasteiger partial charge in [-0.15, -0.1) is 0 Å². The lowest BCUT2D eigenvalue weighted by Gasteiger charge is -2.38. The van der Waals surface area contributed by atoms with Crippen molar-refractivity contribution in [2.24, 2.45) is 5.92 Å². The van der Waals surface area contributed by atoms with Crippen LogP contribution in [0.1, 0.15) is 98.7 Å². The largest absolute Gasteiger partial charge is 0.310 e. The van der Waals surface area contributed by atoms with E-state index in [1.807, 2.05) is 0 Å². The Morgan fingerprint density at radius 3 is 2.16 bits per heavy atom. The average molecular weight is 903 g/mol. The Kier molecular flexibility index (Phi) is 10.0. The quantitative estimate of drug-likeness (QED) is 0.140. The van der Waals surface area contributed by atoms with E-state index in [4.69, 9.17) is 0 Å². The minimum Gasteiger partial charge on any atom is -0.310 e. The van der Waals surface area contributed by atoms with E-state index in [2.05, 4.69) is 243 Å². The van der Waals surface area contributed by atoms with Crippen molar-refractivity contribution < 1.29 is 0 Å². The summed E-state index contributed by atoms with van der Waals surface area (Å²) in [6, 6.07) is 56.8. The first kappa shape index (κ1) is 42.5. The number of rotatable bonds is 8. The lowest BCUT2D eigenvalue weighted by atomic mass is 9.73. The van der Waals surface area contributed by atoms with Gasteiger partial charge in [0.2, 0.25) is 0 Å². The zero-order valence-corrected chi connectivity index (χ0v) is 40.8. The lowest BCUT2D eigenvalue weighted by molar-refractivity contribution is 0.406. The molecule has 0 radical (unpaired) electrons. The molecule has 0 heterocycles. The van der Waals surface area contributed by atoms with E-state index in [-0.39, 0.29) is 10.8 Å². The van der Waals surface area contributed by atoms with Crippen LogP contribution < -0.4 is 9.80 Å². The molecule has 0 saturated carbocycles. The summed E-state index contributed by atoms with van der Waals surface area (Å²) in [5, 5.41) is 2.48. The van der Waals surface area contributed by atoms with Gasteiger partial charge in [0, 0.05) is 39.9 Å². The van der Waals surface area contributed by atoms with Crippen molar-refractivity contribution in [1.29, 1.82) is 0 Å². The fraction of sp³-hybridized carbons (Fsp3) is 0.191. The lowest BCUT2D eigenvalue weighted by Crippen LogP contribution is -2.31. The van der Waals surface area contributed by atoms with E-state index < -0.39 is 0 Å². The molecule has 6 aliphatic carbocycles. The number of benzene rings is 7. The molecule has 0 spiro atoms. The number of nitrogens with zero attached hydrogens (tertiary/aromatic N) is 2. The highest BCUT2D eigenvalue weighted by molar-refractivity contribution is 6.00. The summed E-state index contributed by atoms with van der Waals surface area (Å²) in [5.74, 6) is 0.409. The van der Waals surface area contributed by atoms with Crippen LogP contribution in [-0.4, -0.2) is 0 Å². The molecule has 2 nitrogen and oxygen atoms in total. The van der Waals surface area contributed by atoms with Crippen LogP contribution in [-0.2, 0) is 17.3 Å². The molecule has 0 N–H and O–H groups in total. The molecular formula is C68H58N2. The normalized spacial score (nSPS) is 18.8. The van der Waals surface area contributed by atoms with Gasteiger partial charge >= 0.3 is 0 Å². The molecule has 70 heavy (non-hydrogen) atoms. The number of anilines is 4. The summed E-state index contributed by atoms with van der Waals surface area (Å²) in [5.41, 5.74) is 29.1. The van der Waals surface area contributed by atoms with Crippen LogP contribution in [0.15, 0.2) is 222 Å². The maximum atomic E-state index is 3.81. The Morgan fingerprint density at radius 1 is 0.543 bits per heavy atom. The first-order chi connectivity index (χ1) is 34.2. The van der Waals surface area contributed by atoms with E-state index in [1.54, 1.807) is 0 Å². The second-order valence-corrected chi connectivity index (χ2v) is 21.2. The van der Waals surface area contributed by atoms with Crippen molar-refractivity contribution >= 4 is 50.7 Å². The Bertz CT molecular complexity index is 3600. The Labute approximate surface area is 414 Å². The predicted molar refractivity (Wildman–Crippen MR) is 296 cm³/mol. The minimum absolute atomic E-state index is 0.0438. The van der Waals surface area contributed by atoms with Gasteiger partial charge in [-0.25, -0.2) is 0 Å².